The van der Waals surface area contributed by atoms with Crippen molar-refractivity contribution in [1.29, 1.82) is 5.26 Å². The number of nitriles is 1. The standard InChI is InChI=1S/C16H23FN2O2/c1-3-20-7-5-19(6-8-21-4-2)13-15-9-14(12-18)10-16(17)11-15/h9-11H,3-8,13H2,1-2H3. The molecule has 0 atom stereocenters. The van der Waals surface area contributed by atoms with E-state index in [1.165, 1.54) is 12.1 Å². The second-order valence-corrected chi connectivity index (χ2v) is 4.63. The summed E-state index contributed by atoms with van der Waals surface area (Å²) in [6.07, 6.45) is 0. The van der Waals surface area contributed by atoms with Gasteiger partial charge in [-0.25, -0.2) is 4.39 Å². The maximum atomic E-state index is 13.5. The third kappa shape index (κ3) is 7.19. The van der Waals surface area contributed by atoms with Crippen LogP contribution in [-0.2, 0) is 16.0 Å². The highest BCUT2D eigenvalue weighted by atomic mass is 19.1. The molecular formula is C16H23FN2O2. The van der Waals surface area contributed by atoms with Crippen molar-refractivity contribution in [2.24, 2.45) is 0 Å². The molecule has 0 fully saturated rings. The number of halogens is 1. The zero-order chi connectivity index (χ0) is 15.5. The van der Waals surface area contributed by atoms with Crippen molar-refractivity contribution >= 4 is 0 Å². The largest absolute Gasteiger partial charge is 0.380 e. The molecule has 21 heavy (non-hydrogen) atoms. The maximum absolute atomic E-state index is 13.5. The van der Waals surface area contributed by atoms with E-state index in [-0.39, 0.29) is 5.82 Å². The zero-order valence-electron chi connectivity index (χ0n) is 12.8. The van der Waals surface area contributed by atoms with Crippen molar-refractivity contribution in [3.63, 3.8) is 0 Å². The summed E-state index contributed by atoms with van der Waals surface area (Å²) in [5.41, 5.74) is 1.14. The summed E-state index contributed by atoms with van der Waals surface area (Å²) in [6.45, 7) is 8.60. The summed E-state index contributed by atoms with van der Waals surface area (Å²) in [7, 11) is 0. The van der Waals surface area contributed by atoms with E-state index in [2.05, 4.69) is 4.90 Å². The number of rotatable bonds is 10. The van der Waals surface area contributed by atoms with E-state index in [9.17, 15) is 4.39 Å². The molecule has 0 saturated heterocycles. The van der Waals surface area contributed by atoms with Gasteiger partial charge < -0.3 is 9.47 Å². The Labute approximate surface area is 126 Å². The van der Waals surface area contributed by atoms with Crippen LogP contribution in [0.2, 0.25) is 0 Å². The van der Waals surface area contributed by atoms with Gasteiger partial charge in [-0.1, -0.05) is 0 Å². The highest BCUT2D eigenvalue weighted by molar-refractivity contribution is 5.33. The third-order valence-electron chi connectivity index (χ3n) is 3.00. The first-order valence-electron chi connectivity index (χ1n) is 7.27. The molecule has 0 aliphatic rings. The van der Waals surface area contributed by atoms with Gasteiger partial charge in [-0.3, -0.25) is 4.90 Å². The van der Waals surface area contributed by atoms with E-state index in [4.69, 9.17) is 14.7 Å². The van der Waals surface area contributed by atoms with Crippen molar-refractivity contribution in [3.05, 3.63) is 35.1 Å². The SMILES string of the molecule is CCOCCN(CCOCC)Cc1cc(F)cc(C#N)c1. The Morgan fingerprint density at radius 1 is 1.10 bits per heavy atom. The van der Waals surface area contributed by atoms with Crippen LogP contribution in [0.25, 0.3) is 0 Å². The molecule has 0 saturated carbocycles. The molecule has 4 nitrogen and oxygen atoms in total. The second-order valence-electron chi connectivity index (χ2n) is 4.63. The zero-order valence-corrected chi connectivity index (χ0v) is 12.8. The molecule has 0 unspecified atom stereocenters. The summed E-state index contributed by atoms with van der Waals surface area (Å²) in [5, 5.41) is 8.90. The van der Waals surface area contributed by atoms with Crippen molar-refractivity contribution in [1.82, 2.24) is 4.90 Å². The minimum atomic E-state index is -0.376. The van der Waals surface area contributed by atoms with Gasteiger partial charge in [-0.15, -0.1) is 0 Å². The molecule has 5 heteroatoms. The number of hydrogen-bond acceptors (Lipinski definition) is 4. The van der Waals surface area contributed by atoms with Crippen LogP contribution in [-0.4, -0.2) is 44.4 Å². The smallest absolute Gasteiger partial charge is 0.124 e. The number of ether oxygens (including phenoxy) is 2. The van der Waals surface area contributed by atoms with Gasteiger partial charge in [0, 0.05) is 32.8 Å². The van der Waals surface area contributed by atoms with Crippen LogP contribution >= 0.6 is 0 Å². The molecule has 0 aliphatic carbocycles. The van der Waals surface area contributed by atoms with Gasteiger partial charge in [0.05, 0.1) is 24.8 Å². The summed E-state index contributed by atoms with van der Waals surface area (Å²) < 4.78 is 24.2. The monoisotopic (exact) mass is 294 g/mol. The average Bonchev–Trinajstić information content (AvgIpc) is 2.47. The highest BCUT2D eigenvalue weighted by Crippen LogP contribution is 2.11. The Kier molecular flexibility index (Phi) is 8.60. The summed E-state index contributed by atoms with van der Waals surface area (Å²) in [4.78, 5) is 2.14. The van der Waals surface area contributed by atoms with Crippen molar-refractivity contribution in [2.45, 2.75) is 20.4 Å². The van der Waals surface area contributed by atoms with E-state index >= 15 is 0 Å². The second kappa shape index (κ2) is 10.3. The van der Waals surface area contributed by atoms with E-state index in [1.807, 2.05) is 19.9 Å². The molecule has 0 spiro atoms. The predicted molar refractivity (Wildman–Crippen MR) is 79.4 cm³/mol. The fourth-order valence-electron chi connectivity index (χ4n) is 2.01. The average molecular weight is 294 g/mol. The predicted octanol–water partition coefficient (Wildman–Crippen LogP) is 2.57. The Bertz CT molecular complexity index is 450. The van der Waals surface area contributed by atoms with E-state index in [0.29, 0.717) is 38.5 Å². The first kappa shape index (κ1) is 17.6. The third-order valence-corrected chi connectivity index (χ3v) is 3.00. The fraction of sp³-hybridized carbons (Fsp3) is 0.562. The first-order valence-corrected chi connectivity index (χ1v) is 7.27. The maximum Gasteiger partial charge on any atom is 0.124 e. The Morgan fingerprint density at radius 2 is 1.71 bits per heavy atom. The van der Waals surface area contributed by atoms with Crippen molar-refractivity contribution < 1.29 is 13.9 Å². The lowest BCUT2D eigenvalue weighted by Crippen LogP contribution is -2.30. The molecule has 0 bridgehead atoms. The molecule has 116 valence electrons. The molecule has 0 amide bonds. The van der Waals surface area contributed by atoms with Gasteiger partial charge in [0.1, 0.15) is 5.82 Å². The molecule has 1 aromatic rings. The van der Waals surface area contributed by atoms with Crippen LogP contribution in [0.5, 0.6) is 0 Å². The van der Waals surface area contributed by atoms with E-state index in [0.717, 1.165) is 18.7 Å². The molecule has 0 aliphatic heterocycles. The summed E-state index contributed by atoms with van der Waals surface area (Å²) >= 11 is 0. The van der Waals surface area contributed by atoms with Gasteiger partial charge >= 0.3 is 0 Å². The Balaban J connectivity index is 2.65. The first-order chi connectivity index (χ1) is 10.2. The van der Waals surface area contributed by atoms with Crippen LogP contribution in [0.4, 0.5) is 4.39 Å². The molecule has 0 N–H and O–H groups in total. The lowest BCUT2D eigenvalue weighted by molar-refractivity contribution is 0.0797. The lowest BCUT2D eigenvalue weighted by Gasteiger charge is -2.22. The van der Waals surface area contributed by atoms with Gasteiger partial charge in [-0.2, -0.15) is 5.26 Å². The van der Waals surface area contributed by atoms with Gasteiger partial charge in [0.2, 0.25) is 0 Å². The molecule has 0 aromatic heterocycles. The van der Waals surface area contributed by atoms with Gasteiger partial charge in [0.25, 0.3) is 0 Å². The molecular weight excluding hydrogens is 271 g/mol. The molecule has 1 rings (SSSR count). The minimum Gasteiger partial charge on any atom is -0.380 e. The lowest BCUT2D eigenvalue weighted by atomic mass is 10.1. The van der Waals surface area contributed by atoms with Crippen LogP contribution in [0.1, 0.15) is 25.0 Å². The van der Waals surface area contributed by atoms with Crippen LogP contribution in [0.15, 0.2) is 18.2 Å². The van der Waals surface area contributed by atoms with E-state index < -0.39 is 0 Å². The normalized spacial score (nSPS) is 10.8. The van der Waals surface area contributed by atoms with E-state index in [1.54, 1.807) is 6.07 Å². The number of hydrogen-bond donors (Lipinski definition) is 0. The van der Waals surface area contributed by atoms with Crippen molar-refractivity contribution in [2.75, 3.05) is 39.5 Å². The molecule has 0 radical (unpaired) electrons. The fourth-order valence-corrected chi connectivity index (χ4v) is 2.01. The van der Waals surface area contributed by atoms with Gasteiger partial charge in [0.15, 0.2) is 0 Å². The summed E-state index contributed by atoms with van der Waals surface area (Å²) in [5.74, 6) is -0.376. The van der Waals surface area contributed by atoms with Crippen LogP contribution in [0.3, 0.4) is 0 Å². The number of nitrogens with zero attached hydrogens (tertiary/aromatic N) is 2. The summed E-state index contributed by atoms with van der Waals surface area (Å²) in [6, 6.07) is 6.41. The van der Waals surface area contributed by atoms with Crippen LogP contribution < -0.4 is 0 Å². The highest BCUT2D eigenvalue weighted by Gasteiger charge is 2.08. The van der Waals surface area contributed by atoms with Crippen molar-refractivity contribution in [3.8, 4) is 6.07 Å². The minimum absolute atomic E-state index is 0.347. The Morgan fingerprint density at radius 3 is 2.24 bits per heavy atom. The number of benzene rings is 1. The topological polar surface area (TPSA) is 45.5 Å². The Hall–Kier alpha value is -1.48. The molecule has 0 heterocycles. The van der Waals surface area contributed by atoms with Gasteiger partial charge in [-0.05, 0) is 37.6 Å². The quantitative estimate of drug-likeness (QED) is 0.622. The molecule has 1 aromatic carbocycles. The van der Waals surface area contributed by atoms with Crippen LogP contribution in [0, 0.1) is 17.1 Å².